The number of amides is 1. The normalized spacial score (nSPS) is 16.7. The zero-order valence-corrected chi connectivity index (χ0v) is 25.0. The Balaban J connectivity index is 0.000000681. The molecule has 1 saturated carbocycles. The van der Waals surface area contributed by atoms with E-state index in [1.807, 2.05) is 30.3 Å². The Kier molecular flexibility index (Phi) is 14.3. The van der Waals surface area contributed by atoms with Gasteiger partial charge in [-0.2, -0.15) is 0 Å². The van der Waals surface area contributed by atoms with E-state index in [1.165, 1.54) is 59.9 Å². The largest absolute Gasteiger partial charge is 0.493 e. The number of esters is 1. The van der Waals surface area contributed by atoms with Crippen LogP contribution < -0.4 is 14.2 Å². The van der Waals surface area contributed by atoms with E-state index in [9.17, 15) is 9.59 Å². The molecule has 0 N–H and O–H groups in total. The number of rotatable bonds is 12. The molecule has 1 heterocycles. The van der Waals surface area contributed by atoms with Gasteiger partial charge in [0.1, 0.15) is 6.04 Å². The third kappa shape index (κ3) is 10.6. The van der Waals surface area contributed by atoms with E-state index in [0.717, 1.165) is 24.0 Å². The van der Waals surface area contributed by atoms with Crippen molar-refractivity contribution in [2.45, 2.75) is 83.3 Å². The van der Waals surface area contributed by atoms with Crippen LogP contribution >= 0.6 is 0 Å². The molecule has 0 spiro atoms. The summed E-state index contributed by atoms with van der Waals surface area (Å²) < 4.78 is 27.3. The van der Waals surface area contributed by atoms with Gasteiger partial charge in [-0.25, -0.2) is 4.79 Å². The van der Waals surface area contributed by atoms with Crippen molar-refractivity contribution in [3.8, 4) is 17.2 Å². The number of ether oxygens (including phenoxy) is 5. The second-order valence-corrected chi connectivity index (χ2v) is 10.5. The maximum absolute atomic E-state index is 13.2. The first-order valence-corrected chi connectivity index (χ1v) is 14.9. The number of carbonyl (C=O) groups excluding carboxylic acids is 2. The molecule has 8 nitrogen and oxygen atoms in total. The van der Waals surface area contributed by atoms with Crippen molar-refractivity contribution in [2.24, 2.45) is 0 Å². The van der Waals surface area contributed by atoms with Gasteiger partial charge in [-0.1, -0.05) is 68.9 Å². The molecule has 2 aliphatic rings. The smallest absolute Gasteiger partial charge is 0.328 e. The van der Waals surface area contributed by atoms with E-state index >= 15 is 0 Å². The van der Waals surface area contributed by atoms with Crippen LogP contribution in [0, 0.1) is 0 Å². The summed E-state index contributed by atoms with van der Waals surface area (Å²) in [5, 5.41) is 0. The van der Waals surface area contributed by atoms with Crippen LogP contribution in [0.15, 0.2) is 42.5 Å². The Hall–Kier alpha value is -3.26. The van der Waals surface area contributed by atoms with Crippen molar-refractivity contribution in [1.82, 2.24) is 4.90 Å². The Morgan fingerprint density at radius 1 is 0.780 bits per heavy atom. The van der Waals surface area contributed by atoms with Crippen molar-refractivity contribution < 1.29 is 33.3 Å². The van der Waals surface area contributed by atoms with Gasteiger partial charge >= 0.3 is 5.97 Å². The Bertz CT molecular complexity index is 1020. The van der Waals surface area contributed by atoms with Crippen molar-refractivity contribution in [2.75, 3.05) is 41.1 Å². The summed E-state index contributed by atoms with van der Waals surface area (Å²) in [4.78, 5) is 27.6. The molecule has 4 rings (SSSR count). The molecular weight excluding hydrogens is 522 g/mol. The van der Waals surface area contributed by atoms with Crippen molar-refractivity contribution in [1.29, 1.82) is 0 Å². The average Bonchev–Trinajstić information content (AvgIpc) is 3.03. The third-order valence-corrected chi connectivity index (χ3v) is 7.46. The first-order chi connectivity index (χ1) is 20.1. The quantitative estimate of drug-likeness (QED) is 0.225. The van der Waals surface area contributed by atoms with Crippen LogP contribution in [0.4, 0.5) is 0 Å². The summed E-state index contributed by atoms with van der Waals surface area (Å²) in [5.74, 6) is 0.953. The lowest BCUT2D eigenvalue weighted by Crippen LogP contribution is -2.49. The monoisotopic (exact) mass is 569 g/mol. The molecule has 1 saturated heterocycles. The van der Waals surface area contributed by atoms with Crippen LogP contribution in [0.1, 0.15) is 75.3 Å². The number of methoxy groups -OCH3 is 3. The van der Waals surface area contributed by atoms with E-state index < -0.39 is 6.04 Å². The molecule has 0 bridgehead atoms. The maximum atomic E-state index is 13.2. The molecule has 0 radical (unpaired) electrons. The van der Waals surface area contributed by atoms with Crippen molar-refractivity contribution in [3.63, 3.8) is 0 Å². The zero-order valence-electron chi connectivity index (χ0n) is 25.0. The maximum Gasteiger partial charge on any atom is 0.328 e. The number of carbonyl (C=O) groups is 2. The molecule has 41 heavy (non-hydrogen) atoms. The Morgan fingerprint density at radius 3 is 2.00 bits per heavy atom. The van der Waals surface area contributed by atoms with Gasteiger partial charge in [0.2, 0.25) is 11.7 Å². The minimum atomic E-state index is -0.566. The molecule has 0 aromatic heterocycles. The fraction of sp³-hybridized carbons (Fsp3) is 0.576. The summed E-state index contributed by atoms with van der Waals surface area (Å²) >= 11 is 0. The van der Waals surface area contributed by atoms with Crippen LogP contribution in [-0.2, 0) is 32.1 Å². The molecular formula is C33H47NO7. The predicted molar refractivity (Wildman–Crippen MR) is 159 cm³/mol. The molecule has 8 heteroatoms. The van der Waals surface area contributed by atoms with Gasteiger partial charge in [-0.3, -0.25) is 4.79 Å². The first-order valence-electron chi connectivity index (χ1n) is 14.9. The number of hydrogen-bond donors (Lipinski definition) is 0. The lowest BCUT2D eigenvalue weighted by atomic mass is 10.0. The first kappa shape index (κ1) is 32.3. The number of likely N-dealkylation sites (tertiary alicyclic amines) is 1. The highest BCUT2D eigenvalue weighted by molar-refractivity contribution is 5.86. The standard InChI is InChI=1S/C27H35NO7.C6H12/c1-31-23-16-21(17-24(32-2)26(23)33-3)18-25(29)28-13-8-7-12-22(28)27(30)35-15-9-14-34-19-20-10-5-4-6-11-20;1-2-4-6-5-3-1/h4-6,10-11,16-17,22H,7-9,12-15,18-19H2,1-3H3;1-6H2. The zero-order chi connectivity index (χ0) is 29.3. The number of nitrogens with zero attached hydrogens (tertiary/aromatic N) is 1. The minimum Gasteiger partial charge on any atom is -0.493 e. The summed E-state index contributed by atoms with van der Waals surface area (Å²) in [5.41, 5.74) is 1.82. The van der Waals surface area contributed by atoms with E-state index in [-0.39, 0.29) is 24.9 Å². The fourth-order valence-corrected chi connectivity index (χ4v) is 5.24. The molecule has 2 aromatic carbocycles. The average molecular weight is 570 g/mol. The van der Waals surface area contributed by atoms with Crippen molar-refractivity contribution >= 4 is 11.9 Å². The van der Waals surface area contributed by atoms with Gasteiger partial charge in [0.05, 0.1) is 47.6 Å². The third-order valence-electron chi connectivity index (χ3n) is 7.46. The second kappa shape index (κ2) is 18.2. The molecule has 1 amide bonds. The Labute approximate surface area is 245 Å². The van der Waals surface area contributed by atoms with Gasteiger partial charge < -0.3 is 28.6 Å². The fourth-order valence-electron chi connectivity index (χ4n) is 5.24. The van der Waals surface area contributed by atoms with Gasteiger partial charge in [0.25, 0.3) is 0 Å². The van der Waals surface area contributed by atoms with E-state index in [0.29, 0.717) is 49.8 Å². The second-order valence-electron chi connectivity index (χ2n) is 10.5. The molecule has 226 valence electrons. The topological polar surface area (TPSA) is 83.5 Å². The Morgan fingerprint density at radius 2 is 1.41 bits per heavy atom. The minimum absolute atomic E-state index is 0.119. The number of benzene rings is 2. The highest BCUT2D eigenvalue weighted by atomic mass is 16.5. The summed E-state index contributed by atoms with van der Waals surface area (Å²) in [6, 6.07) is 12.9. The predicted octanol–water partition coefficient (Wildman–Crippen LogP) is 6.13. The molecule has 1 aliphatic carbocycles. The molecule has 1 aliphatic heterocycles. The summed E-state index contributed by atoms with van der Waals surface area (Å²) in [6.45, 7) is 1.82. The SMILES string of the molecule is C1CCCCC1.COc1cc(CC(=O)N2CCCCC2C(=O)OCCCOCc2ccccc2)cc(OC)c1OC. The lowest BCUT2D eigenvalue weighted by Gasteiger charge is -2.34. The van der Waals surface area contributed by atoms with Crippen LogP contribution in [-0.4, -0.2) is 63.9 Å². The number of hydrogen-bond acceptors (Lipinski definition) is 7. The van der Waals surface area contributed by atoms with Gasteiger partial charge in [0.15, 0.2) is 11.5 Å². The van der Waals surface area contributed by atoms with E-state index in [2.05, 4.69) is 0 Å². The van der Waals surface area contributed by atoms with Crippen molar-refractivity contribution in [3.05, 3.63) is 53.6 Å². The lowest BCUT2D eigenvalue weighted by molar-refractivity contribution is -0.157. The van der Waals surface area contributed by atoms with Crippen LogP contribution in [0.3, 0.4) is 0 Å². The highest BCUT2D eigenvalue weighted by Crippen LogP contribution is 2.38. The van der Waals surface area contributed by atoms with Gasteiger partial charge in [0, 0.05) is 13.0 Å². The van der Waals surface area contributed by atoms with Crippen LogP contribution in [0.2, 0.25) is 0 Å². The van der Waals surface area contributed by atoms with E-state index in [1.54, 1.807) is 17.0 Å². The van der Waals surface area contributed by atoms with Gasteiger partial charge in [-0.05, 0) is 42.5 Å². The molecule has 1 atom stereocenters. The summed E-state index contributed by atoms with van der Waals surface area (Å²) in [7, 11) is 4.60. The number of piperidine rings is 1. The van der Waals surface area contributed by atoms with Crippen LogP contribution in [0.25, 0.3) is 0 Å². The van der Waals surface area contributed by atoms with E-state index in [4.69, 9.17) is 23.7 Å². The van der Waals surface area contributed by atoms with Gasteiger partial charge in [-0.15, -0.1) is 0 Å². The molecule has 2 fully saturated rings. The molecule has 1 unspecified atom stereocenters. The van der Waals surface area contributed by atoms with Crippen LogP contribution in [0.5, 0.6) is 17.2 Å². The molecule has 2 aromatic rings. The highest BCUT2D eigenvalue weighted by Gasteiger charge is 2.33. The summed E-state index contributed by atoms with van der Waals surface area (Å²) in [6.07, 6.45) is 12.1.